The van der Waals surface area contributed by atoms with Crippen LogP contribution in [0.1, 0.15) is 44.2 Å². The first-order valence-electron chi connectivity index (χ1n) is 11.8. The van der Waals surface area contributed by atoms with Gasteiger partial charge in [-0.3, -0.25) is 10.1 Å². The van der Waals surface area contributed by atoms with Crippen LogP contribution in [0.5, 0.6) is 11.5 Å². The van der Waals surface area contributed by atoms with E-state index in [1.807, 2.05) is 20.5 Å². The third kappa shape index (κ3) is 15.6. The first-order valence-corrected chi connectivity index (χ1v) is 15.1. The number of carbonyl (C=O) groups excluding carboxylic acids is 4. The number of benzene rings is 2. The lowest BCUT2D eigenvalue weighted by atomic mass is 10.1. The number of rotatable bonds is 9. The van der Waals surface area contributed by atoms with Crippen LogP contribution in [-0.4, -0.2) is 62.3 Å². The number of unbranched alkanes of at least 4 members (excludes halogenated alkanes) is 1. The first-order chi connectivity index (χ1) is 18.8. The van der Waals surface area contributed by atoms with Crippen molar-refractivity contribution in [2.24, 2.45) is 0 Å². The smallest absolute Gasteiger partial charge is 0.411 e. The fourth-order valence-corrected chi connectivity index (χ4v) is 4.67. The third-order valence-electron chi connectivity index (χ3n) is 4.86. The Labute approximate surface area is 253 Å². The minimum absolute atomic E-state index is 0.000871. The Morgan fingerprint density at radius 3 is 1.95 bits per heavy atom. The van der Waals surface area contributed by atoms with Crippen LogP contribution in [0.3, 0.4) is 0 Å². The molecular formula is C26H36ClIN2O9S. The molecule has 11 nitrogen and oxygen atoms in total. The van der Waals surface area contributed by atoms with E-state index in [2.05, 4.69) is 40.1 Å². The number of aryl methyl sites for hydroxylation is 2. The van der Waals surface area contributed by atoms with Crippen LogP contribution < -0.4 is 10.6 Å². The molecule has 0 saturated heterocycles. The fourth-order valence-electron chi connectivity index (χ4n) is 2.85. The number of carbonyl (C=O) groups is 4. The molecule has 2 aromatic rings. The molecular weight excluding hydrogens is 679 g/mol. The van der Waals surface area contributed by atoms with Crippen LogP contribution in [0.4, 0.5) is 16.2 Å². The second-order valence-electron chi connectivity index (χ2n) is 7.89. The van der Waals surface area contributed by atoms with Crippen molar-refractivity contribution in [1.29, 1.82) is 0 Å². The van der Waals surface area contributed by atoms with E-state index in [4.69, 9.17) is 25.9 Å². The Kier molecular flexibility index (Phi) is 20.5. The summed E-state index contributed by atoms with van der Waals surface area (Å²) in [5.41, 5.74) is 2.56. The zero-order valence-corrected chi connectivity index (χ0v) is 26.6. The Morgan fingerprint density at radius 2 is 1.48 bits per heavy atom. The SMILES string of the molecule is C=O.C=O.CCCCC(=O)Nc1c(C)cc(O)cc1I.CCS(=O)(=O)CCOC(=O)Nc1c(C)cc(O)cc1Cl. The zero-order valence-electron chi connectivity index (χ0n) is 22.9. The van der Waals surface area contributed by atoms with Gasteiger partial charge in [-0.2, -0.15) is 0 Å². The number of hydrogen-bond acceptors (Lipinski definition) is 9. The molecule has 224 valence electrons. The second kappa shape index (κ2) is 20.9. The molecule has 0 saturated carbocycles. The molecule has 2 amide bonds. The van der Waals surface area contributed by atoms with Gasteiger partial charge in [-0.25, -0.2) is 13.2 Å². The van der Waals surface area contributed by atoms with Gasteiger partial charge in [0.2, 0.25) is 5.91 Å². The van der Waals surface area contributed by atoms with Crippen molar-refractivity contribution >= 4 is 81.0 Å². The van der Waals surface area contributed by atoms with Crippen molar-refractivity contribution in [1.82, 2.24) is 0 Å². The monoisotopic (exact) mass is 714 g/mol. The minimum atomic E-state index is -3.17. The van der Waals surface area contributed by atoms with Gasteiger partial charge >= 0.3 is 6.09 Å². The van der Waals surface area contributed by atoms with E-state index in [9.17, 15) is 28.2 Å². The van der Waals surface area contributed by atoms with Gasteiger partial charge in [-0.1, -0.05) is 31.9 Å². The molecule has 0 aliphatic rings. The summed E-state index contributed by atoms with van der Waals surface area (Å²) in [7, 11) is -3.17. The molecule has 0 radical (unpaired) electrons. The molecule has 0 aliphatic carbocycles. The van der Waals surface area contributed by atoms with Crippen LogP contribution in [0.25, 0.3) is 0 Å². The molecule has 2 aromatic carbocycles. The van der Waals surface area contributed by atoms with Gasteiger partial charge in [0.25, 0.3) is 0 Å². The highest BCUT2D eigenvalue weighted by atomic mass is 127. The summed E-state index contributed by atoms with van der Waals surface area (Å²) in [6.45, 7) is 10.9. The van der Waals surface area contributed by atoms with Gasteiger partial charge < -0.3 is 29.9 Å². The van der Waals surface area contributed by atoms with Crippen LogP contribution >= 0.6 is 34.2 Å². The maximum Gasteiger partial charge on any atom is 0.411 e. The molecule has 14 heteroatoms. The second-order valence-corrected chi connectivity index (χ2v) is 11.9. The van der Waals surface area contributed by atoms with Crippen LogP contribution in [-0.2, 0) is 29.0 Å². The predicted molar refractivity (Wildman–Crippen MR) is 165 cm³/mol. The maximum atomic E-state index is 11.6. The standard InChI is InChI=1S/C12H16ClNO5S.C12H16INO2.2CH2O/c1-3-20(17,18)5-4-19-12(16)14-11-8(2)6-9(15)7-10(11)13;1-3-4-5-11(16)14-12-8(2)6-9(15)7-10(12)13;2*1-2/h6-7,15H,3-5H2,1-2H3,(H,14,16);6-7,15H,3-5H2,1-2H3,(H,14,16);2*1H2. The normalized spacial score (nSPS) is 9.85. The molecule has 0 aliphatic heterocycles. The summed E-state index contributed by atoms with van der Waals surface area (Å²) in [5, 5.41) is 24.2. The van der Waals surface area contributed by atoms with Crippen molar-refractivity contribution in [3.05, 3.63) is 44.0 Å². The molecule has 40 heavy (non-hydrogen) atoms. The summed E-state index contributed by atoms with van der Waals surface area (Å²) < 4.78 is 28.1. The van der Waals surface area contributed by atoms with E-state index in [-0.39, 0.29) is 40.5 Å². The summed E-state index contributed by atoms with van der Waals surface area (Å²) in [6, 6.07) is 6.01. The number of aromatic hydroxyl groups is 2. The van der Waals surface area contributed by atoms with E-state index in [0.717, 1.165) is 27.7 Å². The largest absolute Gasteiger partial charge is 0.508 e. The molecule has 0 unspecified atom stereocenters. The van der Waals surface area contributed by atoms with Gasteiger partial charge in [-0.15, -0.1) is 0 Å². The first kappa shape index (κ1) is 39.2. The van der Waals surface area contributed by atoms with E-state index in [1.54, 1.807) is 19.1 Å². The molecule has 0 atom stereocenters. The van der Waals surface area contributed by atoms with Gasteiger partial charge in [0.1, 0.15) is 31.7 Å². The Balaban J connectivity index is 0. The number of ether oxygens (including phenoxy) is 1. The van der Waals surface area contributed by atoms with Gasteiger partial charge in [-0.05, 0) is 72.2 Å². The van der Waals surface area contributed by atoms with Gasteiger partial charge in [0.15, 0.2) is 9.84 Å². The lowest BCUT2D eigenvalue weighted by Crippen LogP contribution is -2.20. The van der Waals surface area contributed by atoms with Crippen molar-refractivity contribution in [3.63, 3.8) is 0 Å². The number of phenols is 2. The number of amides is 2. The lowest BCUT2D eigenvalue weighted by Gasteiger charge is -2.11. The van der Waals surface area contributed by atoms with E-state index in [0.29, 0.717) is 17.7 Å². The Morgan fingerprint density at radius 1 is 0.950 bits per heavy atom. The predicted octanol–water partition coefficient (Wildman–Crippen LogP) is 5.40. The number of hydrogen-bond donors (Lipinski definition) is 4. The molecule has 0 bridgehead atoms. The van der Waals surface area contributed by atoms with Crippen LogP contribution in [0.2, 0.25) is 5.02 Å². The molecule has 0 fully saturated rings. The number of anilines is 2. The lowest BCUT2D eigenvalue weighted by molar-refractivity contribution is -0.116. The third-order valence-corrected chi connectivity index (χ3v) is 7.68. The fraction of sp³-hybridized carbons (Fsp3) is 0.385. The van der Waals surface area contributed by atoms with Crippen molar-refractivity contribution in [2.45, 2.75) is 47.0 Å². The number of sulfone groups is 1. The van der Waals surface area contributed by atoms with E-state index in [1.165, 1.54) is 19.1 Å². The average molecular weight is 715 g/mol. The molecule has 0 spiro atoms. The maximum absolute atomic E-state index is 11.6. The average Bonchev–Trinajstić information content (AvgIpc) is 2.89. The van der Waals surface area contributed by atoms with E-state index >= 15 is 0 Å². The Bertz CT molecular complexity index is 1160. The molecule has 0 aromatic heterocycles. The summed E-state index contributed by atoms with van der Waals surface area (Å²) in [5.74, 6) is 0.0302. The van der Waals surface area contributed by atoms with Gasteiger partial charge in [0, 0.05) is 21.8 Å². The topological polar surface area (TPSA) is 176 Å². The summed E-state index contributed by atoms with van der Waals surface area (Å²) in [4.78, 5) is 39.1. The molecule has 0 heterocycles. The Hall–Kier alpha value is -2.91. The highest BCUT2D eigenvalue weighted by Crippen LogP contribution is 2.30. The highest BCUT2D eigenvalue weighted by Gasteiger charge is 2.13. The summed E-state index contributed by atoms with van der Waals surface area (Å²) >= 11 is 7.99. The van der Waals surface area contributed by atoms with Crippen molar-refractivity contribution in [2.75, 3.05) is 28.7 Å². The molecule has 4 N–H and O–H groups in total. The number of halogens is 2. The quantitative estimate of drug-likeness (QED) is 0.196. The number of phenolic OH excluding ortho intramolecular Hbond substituents is 2. The van der Waals surface area contributed by atoms with E-state index < -0.39 is 15.9 Å². The minimum Gasteiger partial charge on any atom is -0.508 e. The zero-order chi connectivity index (χ0) is 31.5. The highest BCUT2D eigenvalue weighted by molar-refractivity contribution is 14.1. The summed E-state index contributed by atoms with van der Waals surface area (Å²) in [6.07, 6.45) is 1.66. The van der Waals surface area contributed by atoms with Gasteiger partial charge in [0.05, 0.1) is 22.2 Å². The van der Waals surface area contributed by atoms with Crippen molar-refractivity contribution in [3.8, 4) is 11.5 Å². The number of nitrogens with one attached hydrogen (secondary N) is 2. The molecule has 2 rings (SSSR count). The van der Waals surface area contributed by atoms with Crippen LogP contribution in [0, 0.1) is 17.4 Å². The van der Waals surface area contributed by atoms with Crippen molar-refractivity contribution < 1.29 is 42.5 Å². The van der Waals surface area contributed by atoms with Crippen LogP contribution in [0.15, 0.2) is 24.3 Å².